The smallest absolute Gasteiger partial charge is 0.238 e. The van der Waals surface area contributed by atoms with E-state index in [0.29, 0.717) is 41.5 Å². The van der Waals surface area contributed by atoms with Crippen molar-refractivity contribution < 1.29 is 13.2 Å². The molecule has 0 heterocycles. The fourth-order valence-electron chi connectivity index (χ4n) is 2.89. The van der Waals surface area contributed by atoms with Gasteiger partial charge in [-0.3, -0.25) is 14.4 Å². The Balaban J connectivity index is 2.03. The van der Waals surface area contributed by atoms with Gasteiger partial charge in [0, 0.05) is 17.3 Å². The number of nitrogens with one attached hydrogen (secondary N) is 2. The molecule has 0 fully saturated rings. The molecule has 0 aliphatic heterocycles. The van der Waals surface area contributed by atoms with E-state index in [1.807, 2.05) is 43.0 Å². The average Bonchev–Trinajstić information content (AvgIpc) is 2.66. The number of carbonyl (C=O) groups is 1. The third kappa shape index (κ3) is 7.34. The van der Waals surface area contributed by atoms with Gasteiger partial charge in [-0.05, 0) is 55.3 Å². The number of likely N-dealkylation sites (N-methyl/N-ethyl adjacent to an activating group) is 1. The van der Waals surface area contributed by atoms with E-state index in [4.69, 9.17) is 11.6 Å². The van der Waals surface area contributed by atoms with Gasteiger partial charge in [-0.25, -0.2) is 8.42 Å². The molecule has 1 amide bonds. The van der Waals surface area contributed by atoms with Gasteiger partial charge in [0.1, 0.15) is 0 Å². The zero-order chi connectivity index (χ0) is 21.4. The summed E-state index contributed by atoms with van der Waals surface area (Å²) in [5.74, 6) is -0.100. The van der Waals surface area contributed by atoms with Crippen LogP contribution in [0.15, 0.2) is 42.5 Å². The number of hydrogen-bond donors (Lipinski definition) is 2. The van der Waals surface area contributed by atoms with Gasteiger partial charge in [0.05, 0.1) is 18.0 Å². The maximum atomic E-state index is 12.6. The van der Waals surface area contributed by atoms with Gasteiger partial charge in [0.15, 0.2) is 0 Å². The minimum Gasteiger partial charge on any atom is -0.325 e. The van der Waals surface area contributed by atoms with E-state index in [1.165, 1.54) is 0 Å². The highest BCUT2D eigenvalue weighted by Gasteiger charge is 2.15. The third-order valence-corrected chi connectivity index (χ3v) is 6.21. The molecule has 0 aliphatic carbocycles. The SMILES string of the molecule is CCCS(=O)(=O)Nc1cccc(NC(=O)CN(CC)Cc2ccc(Cl)cc2)c1C. The summed E-state index contributed by atoms with van der Waals surface area (Å²) < 4.78 is 26.7. The van der Waals surface area contributed by atoms with Gasteiger partial charge in [-0.2, -0.15) is 0 Å². The van der Waals surface area contributed by atoms with Crippen molar-refractivity contribution in [3.05, 3.63) is 58.6 Å². The fourth-order valence-corrected chi connectivity index (χ4v) is 4.21. The number of halogens is 1. The Morgan fingerprint density at radius 3 is 2.34 bits per heavy atom. The first kappa shape index (κ1) is 23.2. The maximum absolute atomic E-state index is 12.6. The number of carbonyl (C=O) groups excluding carboxylic acids is 1. The lowest BCUT2D eigenvalue weighted by atomic mass is 10.1. The Morgan fingerprint density at radius 2 is 1.72 bits per heavy atom. The van der Waals surface area contributed by atoms with E-state index in [1.54, 1.807) is 25.1 Å². The van der Waals surface area contributed by atoms with Gasteiger partial charge in [-0.1, -0.05) is 43.6 Å². The van der Waals surface area contributed by atoms with E-state index >= 15 is 0 Å². The highest BCUT2D eigenvalue weighted by Crippen LogP contribution is 2.24. The van der Waals surface area contributed by atoms with Crippen LogP contribution in [0.3, 0.4) is 0 Å². The average molecular weight is 438 g/mol. The molecule has 0 unspecified atom stereocenters. The Labute approximate surface area is 178 Å². The molecular formula is C21H28ClN3O3S. The van der Waals surface area contributed by atoms with Crippen LogP contribution < -0.4 is 10.0 Å². The first-order valence-corrected chi connectivity index (χ1v) is 11.6. The van der Waals surface area contributed by atoms with E-state index in [0.717, 1.165) is 5.56 Å². The van der Waals surface area contributed by atoms with Gasteiger partial charge in [-0.15, -0.1) is 0 Å². The van der Waals surface area contributed by atoms with Gasteiger partial charge < -0.3 is 5.32 Å². The number of sulfonamides is 1. The molecule has 6 nitrogen and oxygen atoms in total. The molecule has 29 heavy (non-hydrogen) atoms. The van der Waals surface area contributed by atoms with Crippen molar-refractivity contribution in [3.8, 4) is 0 Å². The number of anilines is 2. The lowest BCUT2D eigenvalue weighted by Crippen LogP contribution is -2.33. The molecule has 2 aromatic rings. The predicted octanol–water partition coefficient (Wildman–Crippen LogP) is 4.26. The molecule has 0 spiro atoms. The summed E-state index contributed by atoms with van der Waals surface area (Å²) >= 11 is 5.92. The van der Waals surface area contributed by atoms with Crippen LogP contribution in [-0.2, 0) is 21.4 Å². The number of amides is 1. The molecule has 0 aliphatic rings. The zero-order valence-electron chi connectivity index (χ0n) is 17.0. The molecule has 0 bridgehead atoms. The minimum absolute atomic E-state index is 0.0547. The first-order chi connectivity index (χ1) is 13.7. The molecule has 8 heteroatoms. The molecule has 0 saturated carbocycles. The normalized spacial score (nSPS) is 11.5. The number of hydrogen-bond acceptors (Lipinski definition) is 4. The van der Waals surface area contributed by atoms with Gasteiger partial charge >= 0.3 is 0 Å². The van der Waals surface area contributed by atoms with Crippen LogP contribution in [-0.4, -0.2) is 38.1 Å². The van der Waals surface area contributed by atoms with Crippen molar-refractivity contribution in [2.24, 2.45) is 0 Å². The molecular weight excluding hydrogens is 410 g/mol. The molecule has 2 rings (SSSR count). The lowest BCUT2D eigenvalue weighted by molar-refractivity contribution is -0.117. The molecule has 0 atom stereocenters. The van der Waals surface area contributed by atoms with Crippen LogP contribution in [0.4, 0.5) is 11.4 Å². The Kier molecular flexibility index (Phi) is 8.49. The van der Waals surface area contributed by atoms with Crippen molar-refractivity contribution in [3.63, 3.8) is 0 Å². The Bertz CT molecular complexity index is 931. The fraction of sp³-hybridized carbons (Fsp3) is 0.381. The second kappa shape index (κ2) is 10.6. The molecule has 0 saturated heterocycles. The first-order valence-electron chi connectivity index (χ1n) is 9.60. The van der Waals surface area contributed by atoms with Crippen LogP contribution in [0.5, 0.6) is 0 Å². The summed E-state index contributed by atoms with van der Waals surface area (Å²) in [5, 5.41) is 3.57. The summed E-state index contributed by atoms with van der Waals surface area (Å²) in [4.78, 5) is 14.6. The van der Waals surface area contributed by atoms with Crippen molar-refractivity contribution in [1.82, 2.24) is 4.90 Å². The zero-order valence-corrected chi connectivity index (χ0v) is 18.6. The van der Waals surface area contributed by atoms with E-state index in [-0.39, 0.29) is 18.2 Å². The van der Waals surface area contributed by atoms with Crippen LogP contribution in [0.1, 0.15) is 31.4 Å². The van der Waals surface area contributed by atoms with Crippen molar-refractivity contribution in [2.75, 3.05) is 28.9 Å². The molecule has 2 N–H and O–H groups in total. The molecule has 158 valence electrons. The maximum Gasteiger partial charge on any atom is 0.238 e. The van der Waals surface area contributed by atoms with E-state index in [2.05, 4.69) is 10.0 Å². The predicted molar refractivity (Wildman–Crippen MR) is 120 cm³/mol. The summed E-state index contributed by atoms with van der Waals surface area (Å²) in [6.07, 6.45) is 0.533. The van der Waals surface area contributed by atoms with Gasteiger partial charge in [0.2, 0.25) is 15.9 Å². The minimum atomic E-state index is -3.39. The highest BCUT2D eigenvalue weighted by molar-refractivity contribution is 7.92. The standard InChI is InChI=1S/C21H28ClN3O3S/c1-4-13-29(27,28)24-20-8-6-7-19(16(20)3)23-21(26)15-25(5-2)14-17-9-11-18(22)12-10-17/h6-12,24H,4-5,13-15H2,1-3H3,(H,23,26). The highest BCUT2D eigenvalue weighted by atomic mass is 35.5. The van der Waals surface area contributed by atoms with Crippen molar-refractivity contribution >= 4 is 38.9 Å². The number of nitrogens with zero attached hydrogens (tertiary/aromatic N) is 1. The Morgan fingerprint density at radius 1 is 1.07 bits per heavy atom. The van der Waals surface area contributed by atoms with Crippen molar-refractivity contribution in [1.29, 1.82) is 0 Å². The number of benzene rings is 2. The molecule has 2 aromatic carbocycles. The van der Waals surface area contributed by atoms with Crippen LogP contribution in [0.25, 0.3) is 0 Å². The van der Waals surface area contributed by atoms with Crippen molar-refractivity contribution in [2.45, 2.75) is 33.7 Å². The van der Waals surface area contributed by atoms with Crippen LogP contribution in [0, 0.1) is 6.92 Å². The largest absolute Gasteiger partial charge is 0.325 e. The summed E-state index contributed by atoms with van der Waals surface area (Å²) in [6, 6.07) is 12.7. The van der Waals surface area contributed by atoms with E-state index in [9.17, 15) is 13.2 Å². The molecule has 0 radical (unpaired) electrons. The topological polar surface area (TPSA) is 78.5 Å². The monoisotopic (exact) mass is 437 g/mol. The third-order valence-electron chi connectivity index (χ3n) is 4.48. The quantitative estimate of drug-likeness (QED) is 0.582. The molecule has 0 aromatic heterocycles. The summed E-state index contributed by atoms with van der Waals surface area (Å²) in [7, 11) is -3.39. The second-order valence-electron chi connectivity index (χ2n) is 6.88. The summed E-state index contributed by atoms with van der Waals surface area (Å²) in [6.45, 7) is 7.17. The van der Waals surface area contributed by atoms with E-state index < -0.39 is 10.0 Å². The lowest BCUT2D eigenvalue weighted by Gasteiger charge is -2.21. The summed E-state index contributed by atoms with van der Waals surface area (Å²) in [5.41, 5.74) is 2.83. The number of rotatable bonds is 10. The van der Waals surface area contributed by atoms with Crippen LogP contribution in [0.2, 0.25) is 5.02 Å². The van der Waals surface area contributed by atoms with Gasteiger partial charge in [0.25, 0.3) is 0 Å². The second-order valence-corrected chi connectivity index (χ2v) is 9.16. The van der Waals surface area contributed by atoms with Crippen LogP contribution >= 0.6 is 11.6 Å². The Hall–Kier alpha value is -2.09.